The molecule has 0 N–H and O–H groups in total. The number of ether oxygens (including phenoxy) is 4. The Morgan fingerprint density at radius 3 is 2.21 bits per heavy atom. The van der Waals surface area contributed by atoms with Crippen molar-refractivity contribution in [1.29, 1.82) is 0 Å². The monoisotopic (exact) mass is 394 g/mol. The van der Waals surface area contributed by atoms with Gasteiger partial charge < -0.3 is 18.9 Å². The lowest BCUT2D eigenvalue weighted by atomic mass is 9.82. The van der Waals surface area contributed by atoms with Crippen molar-refractivity contribution in [3.8, 4) is 0 Å². The molecule has 2 saturated carbocycles. The number of carbonyl (C=O) groups is 1. The van der Waals surface area contributed by atoms with Crippen LogP contribution in [0.4, 0.5) is 0 Å². The van der Waals surface area contributed by atoms with E-state index in [1.807, 2.05) is 0 Å². The molecule has 0 aromatic rings. The van der Waals surface area contributed by atoms with E-state index in [0.29, 0.717) is 24.7 Å². The smallest absolute Gasteiger partial charge is 0.309 e. The van der Waals surface area contributed by atoms with Gasteiger partial charge in [-0.1, -0.05) is 19.3 Å². The van der Waals surface area contributed by atoms with E-state index in [2.05, 4.69) is 13.8 Å². The summed E-state index contributed by atoms with van der Waals surface area (Å²) in [5.74, 6) is 0.718. The van der Waals surface area contributed by atoms with Gasteiger partial charge in [-0.25, -0.2) is 0 Å². The summed E-state index contributed by atoms with van der Waals surface area (Å²) in [7, 11) is 0. The second kappa shape index (κ2) is 8.61. The predicted molar refractivity (Wildman–Crippen MR) is 106 cm³/mol. The number of epoxide rings is 2. The molecule has 0 amide bonds. The van der Waals surface area contributed by atoms with Crippen LogP contribution in [0.3, 0.4) is 0 Å². The van der Waals surface area contributed by atoms with Crippen molar-refractivity contribution in [2.45, 2.75) is 108 Å². The number of carbonyl (C=O) groups excluding carboxylic acids is 1. The van der Waals surface area contributed by atoms with E-state index in [-0.39, 0.29) is 23.1 Å². The van der Waals surface area contributed by atoms with Gasteiger partial charge in [0.05, 0.1) is 35.9 Å². The van der Waals surface area contributed by atoms with Crippen molar-refractivity contribution in [2.24, 2.45) is 11.8 Å². The third-order valence-corrected chi connectivity index (χ3v) is 7.40. The molecular weight excluding hydrogens is 356 g/mol. The first kappa shape index (κ1) is 20.6. The minimum Gasteiger partial charge on any atom is -0.465 e. The number of hydrogen-bond donors (Lipinski definition) is 0. The van der Waals surface area contributed by atoms with Crippen LogP contribution in [0, 0.1) is 11.8 Å². The van der Waals surface area contributed by atoms with Gasteiger partial charge in [-0.05, 0) is 71.1 Å². The van der Waals surface area contributed by atoms with Gasteiger partial charge in [0.1, 0.15) is 0 Å². The molecule has 2 aliphatic carbocycles. The van der Waals surface area contributed by atoms with Crippen LogP contribution < -0.4 is 0 Å². The summed E-state index contributed by atoms with van der Waals surface area (Å²) in [5.41, 5.74) is 0.145. The van der Waals surface area contributed by atoms with E-state index in [9.17, 15) is 4.79 Å². The zero-order valence-corrected chi connectivity index (χ0v) is 17.8. The van der Waals surface area contributed by atoms with Crippen LogP contribution in [0.2, 0.25) is 0 Å². The molecule has 6 unspecified atom stereocenters. The Balaban J connectivity index is 0.942. The maximum absolute atomic E-state index is 12.2. The molecule has 0 spiro atoms. The quantitative estimate of drug-likeness (QED) is 0.295. The number of hydrogen-bond acceptors (Lipinski definition) is 5. The highest BCUT2D eigenvalue weighted by Gasteiger charge is 2.57. The Morgan fingerprint density at radius 2 is 1.50 bits per heavy atom. The molecule has 4 fully saturated rings. The van der Waals surface area contributed by atoms with Crippen molar-refractivity contribution in [2.75, 3.05) is 19.8 Å². The summed E-state index contributed by atoms with van der Waals surface area (Å²) in [6.45, 7) is 6.69. The Hall–Kier alpha value is -0.650. The third kappa shape index (κ3) is 5.09. The van der Waals surface area contributed by atoms with E-state index >= 15 is 0 Å². The average Bonchev–Trinajstić information content (AvgIpc) is 3.54. The maximum Gasteiger partial charge on any atom is 0.309 e. The van der Waals surface area contributed by atoms with Crippen molar-refractivity contribution in [1.82, 2.24) is 0 Å². The number of unbranched alkanes of at least 4 members (excludes halogenated alkanes) is 4. The van der Waals surface area contributed by atoms with Gasteiger partial charge in [-0.3, -0.25) is 4.79 Å². The standard InChI is InChI=1S/C23H38O5/c1-22-14-17(8-10-19(22)27-22)16-25-12-6-4-3-5-7-13-26-21(24)18-9-11-20-23(2,15-18)28-20/h17-20H,3-16H2,1-2H3. The molecule has 6 atom stereocenters. The van der Waals surface area contributed by atoms with E-state index in [4.69, 9.17) is 18.9 Å². The number of fused-ring (bicyclic) bond motifs is 2. The topological polar surface area (TPSA) is 60.6 Å². The largest absolute Gasteiger partial charge is 0.465 e. The first-order chi connectivity index (χ1) is 13.5. The van der Waals surface area contributed by atoms with Crippen LogP contribution >= 0.6 is 0 Å². The second-order valence-electron chi connectivity index (χ2n) is 9.97. The highest BCUT2D eigenvalue weighted by atomic mass is 16.6. The fourth-order valence-corrected chi connectivity index (χ4v) is 5.40. The summed E-state index contributed by atoms with van der Waals surface area (Å²) in [6, 6.07) is 0. The molecule has 0 radical (unpaired) electrons. The van der Waals surface area contributed by atoms with E-state index in [1.54, 1.807) is 0 Å². The molecule has 5 nitrogen and oxygen atoms in total. The Bertz CT molecular complexity index is 551. The predicted octanol–water partition coefficient (Wildman–Crippen LogP) is 4.41. The summed E-state index contributed by atoms with van der Waals surface area (Å²) in [6.07, 6.45) is 12.9. The fourth-order valence-electron chi connectivity index (χ4n) is 5.40. The van der Waals surface area contributed by atoms with Gasteiger partial charge in [0.2, 0.25) is 0 Å². The van der Waals surface area contributed by atoms with Gasteiger partial charge in [0, 0.05) is 13.2 Å². The molecule has 2 aliphatic heterocycles. The Morgan fingerprint density at radius 1 is 0.857 bits per heavy atom. The Kier molecular flexibility index (Phi) is 6.34. The SMILES string of the molecule is CC12CC(COCCCCCCCOC(=O)C3CCC4OC4(C)C3)CCC1O2. The first-order valence-electron chi connectivity index (χ1n) is 11.6. The summed E-state index contributed by atoms with van der Waals surface area (Å²) >= 11 is 0. The van der Waals surface area contributed by atoms with E-state index in [0.717, 1.165) is 51.7 Å². The highest BCUT2D eigenvalue weighted by Crippen LogP contribution is 2.50. The zero-order valence-electron chi connectivity index (χ0n) is 17.8. The highest BCUT2D eigenvalue weighted by molar-refractivity contribution is 5.72. The van der Waals surface area contributed by atoms with E-state index in [1.165, 1.54) is 32.1 Å². The second-order valence-corrected chi connectivity index (χ2v) is 9.97. The number of esters is 1. The average molecular weight is 395 g/mol. The van der Waals surface area contributed by atoms with Gasteiger partial charge in [0.25, 0.3) is 0 Å². The van der Waals surface area contributed by atoms with Crippen LogP contribution in [0.15, 0.2) is 0 Å². The van der Waals surface area contributed by atoms with Crippen LogP contribution in [0.25, 0.3) is 0 Å². The van der Waals surface area contributed by atoms with Crippen LogP contribution in [-0.2, 0) is 23.7 Å². The summed E-state index contributed by atoms with van der Waals surface area (Å²) in [4.78, 5) is 12.2. The lowest BCUT2D eigenvalue weighted by Gasteiger charge is -2.23. The summed E-state index contributed by atoms with van der Waals surface area (Å²) in [5, 5.41) is 0. The molecule has 4 aliphatic rings. The van der Waals surface area contributed by atoms with Crippen molar-refractivity contribution in [3.63, 3.8) is 0 Å². The van der Waals surface area contributed by atoms with Crippen LogP contribution in [0.5, 0.6) is 0 Å². The molecule has 28 heavy (non-hydrogen) atoms. The molecule has 0 aromatic heterocycles. The lowest BCUT2D eigenvalue weighted by molar-refractivity contribution is -0.150. The lowest BCUT2D eigenvalue weighted by Crippen LogP contribution is -2.29. The van der Waals surface area contributed by atoms with Crippen molar-refractivity contribution < 1.29 is 23.7 Å². The Labute approximate surface area is 169 Å². The molecule has 0 aromatic carbocycles. The van der Waals surface area contributed by atoms with Gasteiger partial charge >= 0.3 is 5.97 Å². The van der Waals surface area contributed by atoms with E-state index < -0.39 is 0 Å². The molecule has 0 bridgehead atoms. The normalized spacial score (nSPS) is 41.1. The summed E-state index contributed by atoms with van der Waals surface area (Å²) < 4.78 is 22.8. The molecule has 2 saturated heterocycles. The minimum absolute atomic E-state index is 0.0111. The molecule has 160 valence electrons. The van der Waals surface area contributed by atoms with Gasteiger partial charge in [-0.15, -0.1) is 0 Å². The fraction of sp³-hybridized carbons (Fsp3) is 0.957. The first-order valence-corrected chi connectivity index (χ1v) is 11.6. The number of rotatable bonds is 11. The van der Waals surface area contributed by atoms with Crippen molar-refractivity contribution in [3.05, 3.63) is 0 Å². The molecule has 4 rings (SSSR count). The minimum atomic E-state index is -0.0347. The maximum atomic E-state index is 12.2. The molecule has 2 heterocycles. The van der Waals surface area contributed by atoms with Crippen LogP contribution in [-0.4, -0.2) is 49.2 Å². The third-order valence-electron chi connectivity index (χ3n) is 7.40. The van der Waals surface area contributed by atoms with Gasteiger partial charge in [0.15, 0.2) is 0 Å². The molecule has 5 heteroatoms. The molecular formula is C23H38O5. The van der Waals surface area contributed by atoms with Crippen LogP contribution in [0.1, 0.15) is 84.5 Å². The zero-order chi connectivity index (χ0) is 19.6. The van der Waals surface area contributed by atoms with Gasteiger partial charge in [-0.2, -0.15) is 0 Å². The van der Waals surface area contributed by atoms with Crippen molar-refractivity contribution >= 4 is 5.97 Å².